The number of halogens is 6. The van der Waals surface area contributed by atoms with Crippen molar-refractivity contribution in [3.05, 3.63) is 47.5 Å². The smallest absolute Gasteiger partial charge is 0.397 e. The Balaban J connectivity index is 2.81. The van der Waals surface area contributed by atoms with Crippen LogP contribution < -0.4 is 22.4 Å². The second kappa shape index (κ2) is 6.70. The molecule has 2 aromatic rings. The molecule has 0 radical (unpaired) electrons. The first-order valence-electron chi connectivity index (χ1n) is 7.13. The number of nitrogens with one attached hydrogen (secondary N) is 2. The van der Waals surface area contributed by atoms with Crippen LogP contribution in [0.3, 0.4) is 0 Å². The van der Waals surface area contributed by atoms with Crippen molar-refractivity contribution in [3.8, 4) is 0 Å². The standard InChI is InChI=1S/C15H14F6N4O2/c16-13(14(17,18)15(19,20)21,7-1-3-11(24-26)9(22)5-7)8-2-4-12(25-27)10(23)6-8/h1-6,24-27H,22-23H2. The van der Waals surface area contributed by atoms with Crippen LogP contribution in [0.15, 0.2) is 36.4 Å². The molecule has 0 bridgehead atoms. The third-order valence-corrected chi connectivity index (χ3v) is 3.93. The highest BCUT2D eigenvalue weighted by Crippen LogP contribution is 2.55. The molecule has 0 aliphatic carbocycles. The molecule has 0 aliphatic heterocycles. The molecule has 2 aromatic carbocycles. The van der Waals surface area contributed by atoms with Gasteiger partial charge < -0.3 is 11.5 Å². The Morgan fingerprint density at radius 2 is 1.07 bits per heavy atom. The van der Waals surface area contributed by atoms with Crippen molar-refractivity contribution in [2.45, 2.75) is 17.8 Å². The van der Waals surface area contributed by atoms with E-state index in [0.717, 1.165) is 12.1 Å². The van der Waals surface area contributed by atoms with Crippen LogP contribution in [-0.4, -0.2) is 22.5 Å². The molecule has 8 N–H and O–H groups in total. The monoisotopic (exact) mass is 396 g/mol. The van der Waals surface area contributed by atoms with Crippen LogP contribution in [0.2, 0.25) is 0 Å². The van der Waals surface area contributed by atoms with Crippen LogP contribution in [0.1, 0.15) is 11.1 Å². The zero-order valence-electron chi connectivity index (χ0n) is 13.3. The van der Waals surface area contributed by atoms with E-state index in [4.69, 9.17) is 21.9 Å². The molecule has 2 rings (SSSR count). The van der Waals surface area contributed by atoms with Crippen molar-refractivity contribution < 1.29 is 36.8 Å². The number of benzene rings is 2. The summed E-state index contributed by atoms with van der Waals surface area (Å²) in [5, 5.41) is 17.6. The molecule has 0 aromatic heterocycles. The molecule has 0 aliphatic rings. The lowest BCUT2D eigenvalue weighted by atomic mass is 9.81. The first-order chi connectivity index (χ1) is 12.4. The number of hydrogen-bond donors (Lipinski definition) is 6. The van der Waals surface area contributed by atoms with Crippen LogP contribution in [0.5, 0.6) is 0 Å². The van der Waals surface area contributed by atoms with Crippen LogP contribution in [0.25, 0.3) is 0 Å². The Morgan fingerprint density at radius 3 is 1.33 bits per heavy atom. The quantitative estimate of drug-likeness (QED) is 0.260. The lowest BCUT2D eigenvalue weighted by Gasteiger charge is -2.35. The van der Waals surface area contributed by atoms with Gasteiger partial charge in [0.15, 0.2) is 0 Å². The van der Waals surface area contributed by atoms with Gasteiger partial charge in [-0.1, -0.05) is 12.1 Å². The summed E-state index contributed by atoms with van der Waals surface area (Å²) >= 11 is 0. The number of nitrogens with two attached hydrogens (primary N) is 2. The van der Waals surface area contributed by atoms with Crippen LogP contribution >= 0.6 is 0 Å². The van der Waals surface area contributed by atoms with Crippen molar-refractivity contribution >= 4 is 22.7 Å². The zero-order chi connectivity index (χ0) is 20.6. The maximum Gasteiger partial charge on any atom is 0.457 e. The fourth-order valence-electron chi connectivity index (χ4n) is 2.48. The predicted octanol–water partition coefficient (Wildman–Crippen LogP) is 3.86. The van der Waals surface area contributed by atoms with Gasteiger partial charge in [0, 0.05) is 11.1 Å². The van der Waals surface area contributed by atoms with E-state index in [0.29, 0.717) is 24.3 Å². The van der Waals surface area contributed by atoms with Gasteiger partial charge in [-0.2, -0.15) is 22.0 Å². The summed E-state index contributed by atoms with van der Waals surface area (Å²) in [6.45, 7) is 0. The minimum absolute atomic E-state index is 0.226. The Labute approximate surface area is 148 Å². The van der Waals surface area contributed by atoms with Crippen LogP contribution in [0, 0.1) is 0 Å². The molecule has 0 saturated heterocycles. The average molecular weight is 396 g/mol. The third-order valence-electron chi connectivity index (χ3n) is 3.93. The van der Waals surface area contributed by atoms with Gasteiger partial charge in [0.25, 0.3) is 0 Å². The molecule has 0 heterocycles. The number of anilines is 4. The number of alkyl halides is 6. The van der Waals surface area contributed by atoms with Crippen molar-refractivity contribution in [2.75, 3.05) is 22.4 Å². The lowest BCUT2D eigenvalue weighted by molar-refractivity contribution is -0.323. The second-order valence-electron chi connectivity index (χ2n) is 5.56. The molecule has 12 heteroatoms. The van der Waals surface area contributed by atoms with Crippen molar-refractivity contribution in [2.24, 2.45) is 0 Å². The maximum absolute atomic E-state index is 15.6. The van der Waals surface area contributed by atoms with E-state index in [9.17, 15) is 22.0 Å². The van der Waals surface area contributed by atoms with Gasteiger partial charge in [-0.25, -0.2) is 4.39 Å². The van der Waals surface area contributed by atoms with E-state index < -0.39 is 40.3 Å². The second-order valence-corrected chi connectivity index (χ2v) is 5.56. The minimum atomic E-state index is -6.26. The van der Waals surface area contributed by atoms with Gasteiger partial charge >= 0.3 is 12.1 Å². The Hall–Kier alpha value is -2.86. The summed E-state index contributed by atoms with van der Waals surface area (Å²) in [5.41, 5.74) is 6.04. The summed E-state index contributed by atoms with van der Waals surface area (Å²) < 4.78 is 83.3. The van der Waals surface area contributed by atoms with E-state index in [1.807, 2.05) is 0 Å². The van der Waals surface area contributed by atoms with E-state index in [2.05, 4.69) is 0 Å². The normalized spacial score (nSPS) is 12.7. The van der Waals surface area contributed by atoms with Gasteiger partial charge in [0.05, 0.1) is 22.7 Å². The highest BCUT2D eigenvalue weighted by atomic mass is 19.4. The average Bonchev–Trinajstić information content (AvgIpc) is 2.59. The largest absolute Gasteiger partial charge is 0.457 e. The summed E-state index contributed by atoms with van der Waals surface area (Å²) in [6, 6.07) is 3.96. The van der Waals surface area contributed by atoms with E-state index >= 15 is 4.39 Å². The first-order valence-corrected chi connectivity index (χ1v) is 7.13. The predicted molar refractivity (Wildman–Crippen MR) is 85.4 cm³/mol. The molecule has 0 amide bonds. The number of hydrogen-bond acceptors (Lipinski definition) is 6. The van der Waals surface area contributed by atoms with Gasteiger partial charge in [-0.3, -0.25) is 21.4 Å². The Kier molecular flexibility index (Phi) is 5.08. The molecule has 0 atom stereocenters. The lowest BCUT2D eigenvalue weighted by Crippen LogP contribution is -2.53. The minimum Gasteiger partial charge on any atom is -0.397 e. The summed E-state index contributed by atoms with van der Waals surface area (Å²) in [4.78, 5) is 0. The molecular formula is C15H14F6N4O2. The zero-order valence-corrected chi connectivity index (χ0v) is 13.3. The maximum atomic E-state index is 15.6. The fraction of sp³-hybridized carbons (Fsp3) is 0.200. The molecule has 6 nitrogen and oxygen atoms in total. The molecular weight excluding hydrogens is 382 g/mol. The Bertz CT molecular complexity index is 790. The SMILES string of the molecule is Nc1cc(C(F)(c2ccc(NO)c(N)c2)C(F)(F)C(F)(F)F)ccc1NO. The summed E-state index contributed by atoms with van der Waals surface area (Å²) in [5.74, 6) is -5.87. The molecule has 27 heavy (non-hydrogen) atoms. The number of rotatable bonds is 5. The van der Waals surface area contributed by atoms with Gasteiger partial charge in [-0.15, -0.1) is 0 Å². The first kappa shape index (κ1) is 20.5. The number of nitrogen functional groups attached to an aromatic ring is 2. The summed E-state index contributed by atoms with van der Waals surface area (Å²) in [7, 11) is 0. The molecule has 0 saturated carbocycles. The highest BCUT2D eigenvalue weighted by molar-refractivity contribution is 5.69. The molecule has 148 valence electrons. The van der Waals surface area contributed by atoms with E-state index in [1.54, 1.807) is 11.0 Å². The van der Waals surface area contributed by atoms with Gasteiger partial charge in [0.2, 0.25) is 5.67 Å². The van der Waals surface area contributed by atoms with E-state index in [-0.39, 0.29) is 11.4 Å². The highest BCUT2D eigenvalue weighted by Gasteiger charge is 2.72. The van der Waals surface area contributed by atoms with Gasteiger partial charge in [0.1, 0.15) is 0 Å². The van der Waals surface area contributed by atoms with Crippen molar-refractivity contribution in [1.29, 1.82) is 0 Å². The summed E-state index contributed by atoms with van der Waals surface area (Å²) in [6.07, 6.45) is -6.26. The van der Waals surface area contributed by atoms with Crippen LogP contribution in [0.4, 0.5) is 49.1 Å². The molecule has 0 unspecified atom stereocenters. The van der Waals surface area contributed by atoms with Crippen molar-refractivity contribution in [1.82, 2.24) is 0 Å². The fourth-order valence-corrected chi connectivity index (χ4v) is 2.48. The third kappa shape index (κ3) is 3.17. The topological polar surface area (TPSA) is 117 Å². The Morgan fingerprint density at radius 1 is 0.704 bits per heavy atom. The van der Waals surface area contributed by atoms with E-state index in [1.165, 1.54) is 0 Å². The molecule has 0 fully saturated rings. The van der Waals surface area contributed by atoms with Crippen molar-refractivity contribution in [3.63, 3.8) is 0 Å². The molecule has 0 spiro atoms. The van der Waals surface area contributed by atoms with Crippen LogP contribution in [-0.2, 0) is 5.67 Å². The van der Waals surface area contributed by atoms with Gasteiger partial charge in [-0.05, 0) is 24.3 Å².